The lowest BCUT2D eigenvalue weighted by atomic mass is 9.96. The number of esters is 1. The molecule has 4 unspecified atom stereocenters. The molecule has 1 aromatic carbocycles. The lowest BCUT2D eigenvalue weighted by Crippen LogP contribution is -2.27. The first kappa shape index (κ1) is 19.9. The largest absolute Gasteiger partial charge is 0.466 e. The molecule has 1 amide bonds. The molecule has 4 atom stereocenters. The van der Waals surface area contributed by atoms with Crippen LogP contribution in [0.15, 0.2) is 30.3 Å². The van der Waals surface area contributed by atoms with Crippen molar-refractivity contribution in [2.75, 3.05) is 6.61 Å². The Balaban J connectivity index is 1.24. The van der Waals surface area contributed by atoms with Gasteiger partial charge in [0.2, 0.25) is 5.91 Å². The molecular weight excluding hydrogens is 340 g/mol. The van der Waals surface area contributed by atoms with Gasteiger partial charge in [0.1, 0.15) is 0 Å². The van der Waals surface area contributed by atoms with E-state index in [1.165, 1.54) is 5.56 Å². The highest BCUT2D eigenvalue weighted by atomic mass is 16.5. The first-order valence-electron chi connectivity index (χ1n) is 10.4. The van der Waals surface area contributed by atoms with Crippen LogP contribution in [0.5, 0.6) is 0 Å². The molecule has 2 aliphatic rings. The molecule has 2 heterocycles. The van der Waals surface area contributed by atoms with Crippen molar-refractivity contribution >= 4 is 11.9 Å². The van der Waals surface area contributed by atoms with Crippen molar-refractivity contribution in [2.24, 2.45) is 5.92 Å². The molecule has 2 aliphatic heterocycles. The first-order chi connectivity index (χ1) is 13.2. The topological polar surface area (TPSA) is 77.3 Å². The standard InChI is InChI=1S/C22H32N2O3/c1-2-9-17-14-18(22(26)23-17)21-19(24-21)15-20(25)27-13-8-4-7-12-16-10-5-3-6-11-16/h3,5-6,10-11,17-19,21,24H,2,4,7-9,12-15H2,1H3,(H,23,26). The Kier molecular flexibility index (Phi) is 7.27. The van der Waals surface area contributed by atoms with Gasteiger partial charge in [-0.05, 0) is 44.1 Å². The number of ether oxygens (including phenoxy) is 1. The third kappa shape index (κ3) is 6.06. The molecule has 0 spiro atoms. The van der Waals surface area contributed by atoms with Crippen LogP contribution in [0.2, 0.25) is 0 Å². The van der Waals surface area contributed by atoms with Gasteiger partial charge in [-0.15, -0.1) is 0 Å². The maximum Gasteiger partial charge on any atom is 0.307 e. The monoisotopic (exact) mass is 372 g/mol. The predicted octanol–water partition coefficient (Wildman–Crippen LogP) is 2.98. The summed E-state index contributed by atoms with van der Waals surface area (Å²) in [5.74, 6) is -0.000794. The van der Waals surface area contributed by atoms with E-state index in [1.807, 2.05) is 6.07 Å². The van der Waals surface area contributed by atoms with Crippen LogP contribution in [0, 0.1) is 5.92 Å². The summed E-state index contributed by atoms with van der Waals surface area (Å²) < 4.78 is 5.36. The predicted molar refractivity (Wildman–Crippen MR) is 105 cm³/mol. The number of hydrogen-bond acceptors (Lipinski definition) is 4. The molecule has 0 bridgehead atoms. The Bertz CT molecular complexity index is 619. The number of benzene rings is 1. The summed E-state index contributed by atoms with van der Waals surface area (Å²) in [6.07, 6.45) is 7.53. The van der Waals surface area contributed by atoms with Gasteiger partial charge in [-0.25, -0.2) is 0 Å². The second-order valence-corrected chi connectivity index (χ2v) is 7.86. The van der Waals surface area contributed by atoms with Crippen LogP contribution in [0.4, 0.5) is 0 Å². The van der Waals surface area contributed by atoms with Crippen LogP contribution in [0.1, 0.15) is 57.4 Å². The van der Waals surface area contributed by atoms with Crippen molar-refractivity contribution in [1.29, 1.82) is 0 Å². The molecule has 2 N–H and O–H groups in total. The van der Waals surface area contributed by atoms with E-state index in [2.05, 4.69) is 41.8 Å². The smallest absolute Gasteiger partial charge is 0.307 e. The second-order valence-electron chi connectivity index (χ2n) is 7.86. The van der Waals surface area contributed by atoms with Crippen LogP contribution in [-0.4, -0.2) is 36.6 Å². The van der Waals surface area contributed by atoms with E-state index >= 15 is 0 Å². The van der Waals surface area contributed by atoms with E-state index in [1.54, 1.807) is 0 Å². The van der Waals surface area contributed by atoms with Gasteiger partial charge in [-0.2, -0.15) is 0 Å². The van der Waals surface area contributed by atoms with Crippen LogP contribution >= 0.6 is 0 Å². The molecule has 0 radical (unpaired) electrons. The van der Waals surface area contributed by atoms with Crippen molar-refractivity contribution in [3.8, 4) is 0 Å². The van der Waals surface area contributed by atoms with Gasteiger partial charge in [0, 0.05) is 18.1 Å². The molecule has 2 fully saturated rings. The Morgan fingerprint density at radius 1 is 1.19 bits per heavy atom. The summed E-state index contributed by atoms with van der Waals surface area (Å²) in [6, 6.07) is 11.0. The van der Waals surface area contributed by atoms with Crippen molar-refractivity contribution < 1.29 is 14.3 Å². The highest BCUT2D eigenvalue weighted by Gasteiger charge is 2.49. The molecular formula is C22H32N2O3. The van der Waals surface area contributed by atoms with Crippen LogP contribution in [0.3, 0.4) is 0 Å². The van der Waals surface area contributed by atoms with Crippen LogP contribution in [0.25, 0.3) is 0 Å². The molecule has 5 heteroatoms. The zero-order valence-electron chi connectivity index (χ0n) is 16.3. The van der Waals surface area contributed by atoms with Gasteiger partial charge < -0.3 is 15.4 Å². The van der Waals surface area contributed by atoms with Gasteiger partial charge in [0.25, 0.3) is 0 Å². The third-order valence-corrected chi connectivity index (χ3v) is 5.63. The Morgan fingerprint density at radius 2 is 2.00 bits per heavy atom. The van der Waals surface area contributed by atoms with Crippen molar-refractivity contribution in [1.82, 2.24) is 10.6 Å². The summed E-state index contributed by atoms with van der Waals surface area (Å²) in [5.41, 5.74) is 1.36. The fourth-order valence-corrected chi connectivity index (χ4v) is 4.08. The summed E-state index contributed by atoms with van der Waals surface area (Å²) in [7, 11) is 0. The zero-order chi connectivity index (χ0) is 19.1. The number of carbonyl (C=O) groups excluding carboxylic acids is 2. The van der Waals surface area contributed by atoms with E-state index in [9.17, 15) is 9.59 Å². The zero-order valence-corrected chi connectivity index (χ0v) is 16.3. The lowest BCUT2D eigenvalue weighted by Gasteiger charge is -2.07. The van der Waals surface area contributed by atoms with Crippen molar-refractivity contribution in [3.05, 3.63) is 35.9 Å². The molecule has 2 saturated heterocycles. The van der Waals surface area contributed by atoms with Crippen LogP contribution < -0.4 is 10.6 Å². The molecule has 27 heavy (non-hydrogen) atoms. The minimum Gasteiger partial charge on any atom is -0.466 e. The highest BCUT2D eigenvalue weighted by Crippen LogP contribution is 2.31. The van der Waals surface area contributed by atoms with Gasteiger partial charge in [-0.1, -0.05) is 43.7 Å². The molecule has 0 aromatic heterocycles. The number of rotatable bonds is 11. The molecule has 148 valence electrons. The molecule has 3 rings (SSSR count). The fourth-order valence-electron chi connectivity index (χ4n) is 4.08. The third-order valence-electron chi connectivity index (χ3n) is 5.63. The van der Waals surface area contributed by atoms with Crippen LogP contribution in [-0.2, 0) is 20.7 Å². The second kappa shape index (κ2) is 9.88. The molecule has 0 saturated carbocycles. The number of carbonyl (C=O) groups is 2. The van der Waals surface area contributed by atoms with E-state index in [-0.39, 0.29) is 29.9 Å². The van der Waals surface area contributed by atoms with E-state index in [4.69, 9.17) is 4.74 Å². The average molecular weight is 373 g/mol. The van der Waals surface area contributed by atoms with Gasteiger partial charge in [-0.3, -0.25) is 9.59 Å². The molecule has 5 nitrogen and oxygen atoms in total. The first-order valence-corrected chi connectivity index (χ1v) is 10.4. The van der Waals surface area contributed by atoms with E-state index in [0.717, 1.165) is 44.9 Å². The average Bonchev–Trinajstić information content (AvgIpc) is 3.32. The van der Waals surface area contributed by atoms with Gasteiger partial charge in [0.15, 0.2) is 0 Å². The SMILES string of the molecule is CCCC1CC(C2NC2CC(=O)OCCCCCc2ccccc2)C(=O)N1. The number of unbranched alkanes of at least 4 members (excludes halogenated alkanes) is 2. The fraction of sp³-hybridized carbons (Fsp3) is 0.636. The number of hydrogen-bond donors (Lipinski definition) is 2. The molecule has 0 aliphatic carbocycles. The summed E-state index contributed by atoms with van der Waals surface area (Å²) in [6.45, 7) is 2.63. The highest BCUT2D eigenvalue weighted by molar-refractivity contribution is 5.83. The minimum atomic E-state index is -0.151. The van der Waals surface area contributed by atoms with E-state index < -0.39 is 0 Å². The Labute approximate surface area is 162 Å². The van der Waals surface area contributed by atoms with Crippen molar-refractivity contribution in [2.45, 2.75) is 76.4 Å². The maximum atomic E-state index is 12.1. The summed E-state index contributed by atoms with van der Waals surface area (Å²) in [5, 5.41) is 6.37. The lowest BCUT2D eigenvalue weighted by molar-refractivity contribution is -0.143. The van der Waals surface area contributed by atoms with Gasteiger partial charge >= 0.3 is 5.97 Å². The number of aryl methyl sites for hydroxylation is 1. The van der Waals surface area contributed by atoms with Crippen molar-refractivity contribution in [3.63, 3.8) is 0 Å². The number of nitrogens with one attached hydrogen (secondary N) is 2. The summed E-state index contributed by atoms with van der Waals surface area (Å²) >= 11 is 0. The quantitative estimate of drug-likeness (QED) is 0.356. The maximum absolute atomic E-state index is 12.1. The Morgan fingerprint density at radius 3 is 2.78 bits per heavy atom. The van der Waals surface area contributed by atoms with Gasteiger partial charge in [0.05, 0.1) is 18.9 Å². The molecule has 1 aromatic rings. The Hall–Kier alpha value is -1.88. The normalized spacial score (nSPS) is 26.6. The summed E-state index contributed by atoms with van der Waals surface area (Å²) in [4.78, 5) is 24.1. The van der Waals surface area contributed by atoms with E-state index in [0.29, 0.717) is 19.1 Å². The number of amides is 1. The minimum absolute atomic E-state index is 0.0114.